The Hall–Kier alpha value is -2.62. The molecule has 1 heterocycles. The standard InChI is InChI=1S/C23H28N2O2/c1-18-8-6-7-9-20(18)12-15-24-22(27)23(21-10-4-3-5-11-21)13-16-25(17-14-23)19(2)26/h3-11H,12-17H2,1-2H3,(H,24,27). The lowest BCUT2D eigenvalue weighted by atomic mass is 9.72. The molecule has 0 saturated carbocycles. The van der Waals surface area contributed by atoms with Gasteiger partial charge in [-0.1, -0.05) is 54.6 Å². The highest BCUT2D eigenvalue weighted by Crippen LogP contribution is 2.36. The zero-order chi connectivity index (χ0) is 19.3. The molecule has 2 aromatic carbocycles. The lowest BCUT2D eigenvalue weighted by molar-refractivity contribution is -0.135. The SMILES string of the molecule is CC(=O)N1CCC(C(=O)NCCc2ccccc2C)(c2ccccc2)CC1. The van der Waals surface area contributed by atoms with E-state index in [0.29, 0.717) is 32.5 Å². The van der Waals surface area contributed by atoms with Crippen molar-refractivity contribution < 1.29 is 9.59 Å². The van der Waals surface area contributed by atoms with Gasteiger partial charge in [0.2, 0.25) is 11.8 Å². The summed E-state index contributed by atoms with van der Waals surface area (Å²) in [6, 6.07) is 18.3. The maximum Gasteiger partial charge on any atom is 0.230 e. The van der Waals surface area contributed by atoms with E-state index in [4.69, 9.17) is 0 Å². The first kappa shape index (κ1) is 19.2. The minimum absolute atomic E-state index is 0.0745. The maximum absolute atomic E-state index is 13.3. The van der Waals surface area contributed by atoms with E-state index in [2.05, 4.69) is 24.4 Å². The number of amides is 2. The molecule has 0 unspecified atom stereocenters. The molecule has 1 saturated heterocycles. The van der Waals surface area contributed by atoms with Crippen LogP contribution in [0.3, 0.4) is 0 Å². The van der Waals surface area contributed by atoms with E-state index in [1.165, 1.54) is 11.1 Å². The second-order valence-corrected chi connectivity index (χ2v) is 7.39. The summed E-state index contributed by atoms with van der Waals surface area (Å²) in [4.78, 5) is 26.8. The molecule has 4 heteroatoms. The molecule has 1 aliphatic heterocycles. The van der Waals surface area contributed by atoms with Crippen molar-refractivity contribution in [3.63, 3.8) is 0 Å². The van der Waals surface area contributed by atoms with E-state index in [0.717, 1.165) is 12.0 Å². The molecular weight excluding hydrogens is 336 g/mol. The summed E-state index contributed by atoms with van der Waals surface area (Å²) < 4.78 is 0. The molecule has 0 radical (unpaired) electrons. The number of likely N-dealkylation sites (tertiary alicyclic amines) is 1. The fourth-order valence-corrected chi connectivity index (χ4v) is 3.98. The van der Waals surface area contributed by atoms with Gasteiger partial charge in [0.1, 0.15) is 0 Å². The highest BCUT2D eigenvalue weighted by Gasteiger charge is 2.43. The van der Waals surface area contributed by atoms with Crippen LogP contribution in [0.2, 0.25) is 0 Å². The molecule has 0 atom stereocenters. The van der Waals surface area contributed by atoms with Crippen molar-refractivity contribution in [3.05, 3.63) is 71.3 Å². The summed E-state index contributed by atoms with van der Waals surface area (Å²) in [6.07, 6.45) is 2.14. The number of piperidine rings is 1. The van der Waals surface area contributed by atoms with Gasteiger partial charge in [-0.05, 0) is 42.9 Å². The molecule has 0 aromatic heterocycles. The summed E-state index contributed by atoms with van der Waals surface area (Å²) in [6.45, 7) is 5.55. The monoisotopic (exact) mass is 364 g/mol. The van der Waals surface area contributed by atoms with Crippen molar-refractivity contribution in [2.24, 2.45) is 0 Å². The molecule has 1 fully saturated rings. The van der Waals surface area contributed by atoms with Crippen LogP contribution in [0, 0.1) is 6.92 Å². The molecule has 1 aliphatic rings. The molecule has 1 N–H and O–H groups in total. The zero-order valence-corrected chi connectivity index (χ0v) is 16.2. The van der Waals surface area contributed by atoms with Crippen molar-refractivity contribution in [1.82, 2.24) is 10.2 Å². The van der Waals surface area contributed by atoms with Crippen molar-refractivity contribution in [1.29, 1.82) is 0 Å². The normalized spacial score (nSPS) is 16.0. The number of hydrogen-bond donors (Lipinski definition) is 1. The van der Waals surface area contributed by atoms with Crippen LogP contribution in [0.4, 0.5) is 0 Å². The summed E-state index contributed by atoms with van der Waals surface area (Å²) in [5, 5.41) is 3.17. The fourth-order valence-electron chi connectivity index (χ4n) is 3.98. The number of nitrogens with one attached hydrogen (secondary N) is 1. The number of nitrogens with zero attached hydrogens (tertiary/aromatic N) is 1. The second kappa shape index (κ2) is 8.38. The molecule has 0 bridgehead atoms. The van der Waals surface area contributed by atoms with Gasteiger partial charge in [0.25, 0.3) is 0 Å². The van der Waals surface area contributed by atoms with Gasteiger partial charge in [-0.3, -0.25) is 9.59 Å². The number of aryl methyl sites for hydroxylation is 1. The predicted octanol–water partition coefficient (Wildman–Crippen LogP) is 3.23. The number of rotatable bonds is 5. The highest BCUT2D eigenvalue weighted by molar-refractivity contribution is 5.88. The third kappa shape index (κ3) is 4.21. The summed E-state index contributed by atoms with van der Waals surface area (Å²) in [7, 11) is 0. The first-order valence-corrected chi connectivity index (χ1v) is 9.67. The van der Waals surface area contributed by atoms with E-state index in [1.54, 1.807) is 6.92 Å². The molecule has 0 spiro atoms. The minimum Gasteiger partial charge on any atom is -0.355 e. The van der Waals surface area contributed by atoms with Crippen LogP contribution in [-0.4, -0.2) is 36.3 Å². The third-order valence-corrected chi connectivity index (χ3v) is 5.76. The molecule has 2 aromatic rings. The Morgan fingerprint density at radius 2 is 1.63 bits per heavy atom. The van der Waals surface area contributed by atoms with Crippen LogP contribution in [-0.2, 0) is 21.4 Å². The smallest absolute Gasteiger partial charge is 0.230 e. The van der Waals surface area contributed by atoms with E-state index < -0.39 is 5.41 Å². The zero-order valence-electron chi connectivity index (χ0n) is 16.2. The van der Waals surface area contributed by atoms with Crippen LogP contribution in [0.25, 0.3) is 0 Å². The van der Waals surface area contributed by atoms with Crippen LogP contribution >= 0.6 is 0 Å². The van der Waals surface area contributed by atoms with Crippen LogP contribution in [0.15, 0.2) is 54.6 Å². The molecule has 4 nitrogen and oxygen atoms in total. The molecular formula is C23H28N2O2. The summed E-state index contributed by atoms with van der Waals surface area (Å²) in [5.74, 6) is 0.155. The van der Waals surface area contributed by atoms with Crippen molar-refractivity contribution in [3.8, 4) is 0 Å². The van der Waals surface area contributed by atoms with Crippen molar-refractivity contribution in [2.75, 3.05) is 19.6 Å². The van der Waals surface area contributed by atoms with Gasteiger partial charge < -0.3 is 10.2 Å². The quantitative estimate of drug-likeness (QED) is 0.885. The lowest BCUT2D eigenvalue weighted by Gasteiger charge is -2.40. The van der Waals surface area contributed by atoms with Gasteiger partial charge in [-0.25, -0.2) is 0 Å². The van der Waals surface area contributed by atoms with Gasteiger partial charge in [-0.2, -0.15) is 0 Å². The van der Waals surface area contributed by atoms with Crippen molar-refractivity contribution >= 4 is 11.8 Å². The molecule has 3 rings (SSSR count). The Bertz CT molecular complexity index is 793. The number of hydrogen-bond acceptors (Lipinski definition) is 2. The van der Waals surface area contributed by atoms with E-state index in [1.807, 2.05) is 47.4 Å². The van der Waals surface area contributed by atoms with Crippen molar-refractivity contribution in [2.45, 2.75) is 38.5 Å². The van der Waals surface area contributed by atoms with Gasteiger partial charge in [0.15, 0.2) is 0 Å². The maximum atomic E-state index is 13.3. The third-order valence-electron chi connectivity index (χ3n) is 5.76. The summed E-state index contributed by atoms with van der Waals surface area (Å²) in [5.41, 5.74) is 3.00. The van der Waals surface area contributed by atoms with E-state index >= 15 is 0 Å². The fraction of sp³-hybridized carbons (Fsp3) is 0.391. The number of benzene rings is 2. The average Bonchev–Trinajstić information content (AvgIpc) is 2.70. The Kier molecular flexibility index (Phi) is 5.94. The summed E-state index contributed by atoms with van der Waals surface area (Å²) >= 11 is 0. The van der Waals surface area contributed by atoms with Crippen LogP contribution < -0.4 is 5.32 Å². The largest absolute Gasteiger partial charge is 0.355 e. The first-order chi connectivity index (χ1) is 13.0. The van der Waals surface area contributed by atoms with Crippen LogP contribution in [0.1, 0.15) is 36.5 Å². The Balaban J connectivity index is 1.72. The molecule has 142 valence electrons. The molecule has 0 aliphatic carbocycles. The molecule has 27 heavy (non-hydrogen) atoms. The van der Waals surface area contributed by atoms with E-state index in [-0.39, 0.29) is 11.8 Å². The highest BCUT2D eigenvalue weighted by atomic mass is 16.2. The number of carbonyl (C=O) groups excluding carboxylic acids is 2. The first-order valence-electron chi connectivity index (χ1n) is 9.67. The topological polar surface area (TPSA) is 49.4 Å². The second-order valence-electron chi connectivity index (χ2n) is 7.39. The number of carbonyl (C=O) groups is 2. The lowest BCUT2D eigenvalue weighted by Crippen LogP contribution is -2.52. The van der Waals surface area contributed by atoms with E-state index in [9.17, 15) is 9.59 Å². The van der Waals surface area contributed by atoms with Gasteiger partial charge >= 0.3 is 0 Å². The van der Waals surface area contributed by atoms with Gasteiger partial charge in [0.05, 0.1) is 5.41 Å². The molecule has 2 amide bonds. The Labute approximate surface area is 161 Å². The van der Waals surface area contributed by atoms with Crippen LogP contribution in [0.5, 0.6) is 0 Å². The average molecular weight is 364 g/mol. The Morgan fingerprint density at radius 1 is 1.00 bits per heavy atom. The Morgan fingerprint density at radius 3 is 2.26 bits per heavy atom. The van der Waals surface area contributed by atoms with Gasteiger partial charge in [0, 0.05) is 26.6 Å². The van der Waals surface area contributed by atoms with Gasteiger partial charge in [-0.15, -0.1) is 0 Å². The predicted molar refractivity (Wildman–Crippen MR) is 108 cm³/mol. The minimum atomic E-state index is -0.557.